The largest absolute Gasteiger partial charge is 0.497 e. The summed E-state index contributed by atoms with van der Waals surface area (Å²) in [7, 11) is 1.60. The molecule has 4 rings (SSSR count). The molecule has 1 atom stereocenters. The molecule has 0 radical (unpaired) electrons. The molecule has 35 heavy (non-hydrogen) atoms. The third-order valence-corrected chi connectivity index (χ3v) is 6.21. The van der Waals surface area contributed by atoms with Gasteiger partial charge in [-0.3, -0.25) is 9.59 Å². The summed E-state index contributed by atoms with van der Waals surface area (Å²) in [6.45, 7) is 1.85. The minimum atomic E-state index is -0.492. The minimum absolute atomic E-state index is 0.157. The lowest BCUT2D eigenvalue weighted by Gasteiger charge is -2.26. The number of hydrogen-bond donors (Lipinski definition) is 3. The van der Waals surface area contributed by atoms with Crippen molar-refractivity contribution in [3.8, 4) is 5.75 Å². The molecule has 3 aromatic carbocycles. The van der Waals surface area contributed by atoms with Crippen LogP contribution in [0.1, 0.15) is 18.5 Å². The van der Waals surface area contributed by atoms with Gasteiger partial charge in [-0.1, -0.05) is 60.3 Å². The van der Waals surface area contributed by atoms with E-state index in [2.05, 4.69) is 16.0 Å². The van der Waals surface area contributed by atoms with Gasteiger partial charge in [-0.2, -0.15) is 0 Å². The van der Waals surface area contributed by atoms with E-state index in [1.165, 1.54) is 11.8 Å². The summed E-state index contributed by atoms with van der Waals surface area (Å²) < 4.78 is 5.14. The Labute approximate surface area is 208 Å². The van der Waals surface area contributed by atoms with Crippen LogP contribution in [0.25, 0.3) is 0 Å². The maximum absolute atomic E-state index is 13.2. The van der Waals surface area contributed by atoms with Crippen molar-refractivity contribution in [1.82, 2.24) is 5.32 Å². The van der Waals surface area contributed by atoms with Crippen LogP contribution in [0.4, 0.5) is 11.4 Å². The Bertz CT molecular complexity index is 1240. The number of para-hydroxylation sites is 1. The second-order valence-electron chi connectivity index (χ2n) is 7.80. The average Bonchev–Trinajstić information content (AvgIpc) is 2.88. The molecule has 0 unspecified atom stereocenters. The monoisotopic (exact) mass is 486 g/mol. The van der Waals surface area contributed by atoms with E-state index < -0.39 is 6.04 Å². The highest BCUT2D eigenvalue weighted by molar-refractivity contribution is 8.14. The van der Waals surface area contributed by atoms with E-state index in [0.717, 1.165) is 11.3 Å². The number of allylic oxidation sites excluding steroid dienone is 1. The zero-order valence-electron chi connectivity index (χ0n) is 19.4. The molecule has 0 fully saturated rings. The summed E-state index contributed by atoms with van der Waals surface area (Å²) in [5.74, 6) is 0.507. The standard InChI is InChI=1S/C27H26N4O3S/c1-18-24(26(33)30-20-11-7-4-8-12-20)25(19-9-5-3-6-10-19)31-27(28-18)35-17-23(32)29-21-13-15-22(34-2)16-14-21/h3-16,25H,17H2,1-2H3,(H,28,31)(H,29,32)(H,30,33)/t25-/m0/s1. The van der Waals surface area contributed by atoms with Gasteiger partial charge in [0.2, 0.25) is 5.91 Å². The van der Waals surface area contributed by atoms with Crippen molar-refractivity contribution in [3.05, 3.63) is 102 Å². The number of ether oxygens (including phenoxy) is 1. The predicted octanol–water partition coefficient (Wildman–Crippen LogP) is 4.98. The van der Waals surface area contributed by atoms with Gasteiger partial charge in [0, 0.05) is 17.1 Å². The van der Waals surface area contributed by atoms with Crippen molar-refractivity contribution in [3.63, 3.8) is 0 Å². The van der Waals surface area contributed by atoms with Crippen molar-refractivity contribution in [2.24, 2.45) is 4.99 Å². The van der Waals surface area contributed by atoms with Gasteiger partial charge in [-0.05, 0) is 48.9 Å². The van der Waals surface area contributed by atoms with Crippen molar-refractivity contribution in [1.29, 1.82) is 0 Å². The molecule has 2 amide bonds. The zero-order chi connectivity index (χ0) is 24.6. The number of hydrogen-bond acceptors (Lipinski definition) is 6. The Balaban J connectivity index is 1.48. The number of anilines is 2. The number of amidine groups is 1. The molecule has 7 nitrogen and oxygen atoms in total. The fraction of sp³-hybridized carbons (Fsp3) is 0.148. The highest BCUT2D eigenvalue weighted by Crippen LogP contribution is 2.33. The Morgan fingerprint density at radius 1 is 0.914 bits per heavy atom. The van der Waals surface area contributed by atoms with Crippen molar-refractivity contribution in [2.75, 3.05) is 23.5 Å². The number of thioether (sulfide) groups is 1. The first-order chi connectivity index (χ1) is 17.0. The molecule has 0 aliphatic carbocycles. The Hall–Kier alpha value is -4.04. The summed E-state index contributed by atoms with van der Waals surface area (Å²) in [5, 5.41) is 9.61. The number of benzene rings is 3. The van der Waals surface area contributed by atoms with Crippen LogP contribution in [0.5, 0.6) is 5.75 Å². The lowest BCUT2D eigenvalue weighted by molar-refractivity contribution is -0.114. The molecule has 8 heteroatoms. The first-order valence-electron chi connectivity index (χ1n) is 11.1. The van der Waals surface area contributed by atoms with Crippen LogP contribution in [0, 0.1) is 0 Å². The van der Waals surface area contributed by atoms with Gasteiger partial charge in [-0.15, -0.1) is 0 Å². The Morgan fingerprint density at radius 2 is 1.54 bits per heavy atom. The van der Waals surface area contributed by atoms with Crippen molar-refractivity contribution < 1.29 is 14.3 Å². The van der Waals surface area contributed by atoms with Crippen LogP contribution in [0.2, 0.25) is 0 Å². The van der Waals surface area contributed by atoms with E-state index in [1.807, 2.05) is 67.6 Å². The fourth-order valence-electron chi connectivity index (χ4n) is 3.62. The lowest BCUT2D eigenvalue weighted by Crippen LogP contribution is -2.32. The van der Waals surface area contributed by atoms with Crippen LogP contribution in [-0.4, -0.2) is 29.8 Å². The van der Waals surface area contributed by atoms with E-state index in [1.54, 1.807) is 31.4 Å². The third kappa shape index (κ3) is 6.30. The maximum atomic E-state index is 13.2. The van der Waals surface area contributed by atoms with Crippen LogP contribution >= 0.6 is 11.8 Å². The van der Waals surface area contributed by atoms with Crippen LogP contribution in [-0.2, 0) is 9.59 Å². The highest BCUT2D eigenvalue weighted by Gasteiger charge is 2.29. The van der Waals surface area contributed by atoms with Crippen molar-refractivity contribution in [2.45, 2.75) is 13.0 Å². The molecule has 1 aliphatic rings. The van der Waals surface area contributed by atoms with Gasteiger partial charge in [0.25, 0.3) is 5.91 Å². The number of aliphatic imine (C=N–C) groups is 1. The number of methoxy groups -OCH3 is 1. The summed E-state index contributed by atoms with van der Waals surface area (Å²) in [6.07, 6.45) is 0. The second kappa shape index (κ2) is 11.4. The number of rotatable bonds is 7. The van der Waals surface area contributed by atoms with Crippen LogP contribution < -0.4 is 20.7 Å². The summed E-state index contributed by atoms with van der Waals surface area (Å²) in [6, 6.07) is 25.6. The quantitative estimate of drug-likeness (QED) is 0.438. The topological polar surface area (TPSA) is 91.8 Å². The third-order valence-electron chi connectivity index (χ3n) is 5.32. The number of carbonyl (C=O) groups excluding carboxylic acids is 2. The normalized spacial score (nSPS) is 15.0. The summed E-state index contributed by atoms with van der Waals surface area (Å²) in [4.78, 5) is 30.5. The smallest absolute Gasteiger partial charge is 0.255 e. The molecule has 0 bridgehead atoms. The molecule has 0 saturated carbocycles. The average molecular weight is 487 g/mol. The highest BCUT2D eigenvalue weighted by atomic mass is 32.2. The molecular formula is C27H26N4O3S. The minimum Gasteiger partial charge on any atom is -0.497 e. The molecule has 0 spiro atoms. The summed E-state index contributed by atoms with van der Waals surface area (Å²) in [5.41, 5.74) is 3.52. The van der Waals surface area contributed by atoms with Gasteiger partial charge in [0.15, 0.2) is 5.17 Å². The first-order valence-corrected chi connectivity index (χ1v) is 12.1. The molecule has 3 N–H and O–H groups in total. The van der Waals surface area contributed by atoms with Gasteiger partial charge < -0.3 is 20.7 Å². The molecule has 0 saturated heterocycles. The van der Waals surface area contributed by atoms with E-state index in [-0.39, 0.29) is 17.6 Å². The van der Waals surface area contributed by atoms with Crippen LogP contribution in [0.15, 0.2) is 101 Å². The molecular weight excluding hydrogens is 460 g/mol. The number of carbonyl (C=O) groups is 2. The first kappa shape index (κ1) is 24.1. The SMILES string of the molecule is COc1ccc(NC(=O)CSC2=N[C@@H](c3ccccc3)C(C(=O)Nc3ccccc3)=C(C)N2)cc1. The molecule has 3 aromatic rings. The van der Waals surface area contributed by atoms with E-state index in [9.17, 15) is 9.59 Å². The zero-order valence-corrected chi connectivity index (χ0v) is 20.3. The Kier molecular flexibility index (Phi) is 7.84. The second-order valence-corrected chi connectivity index (χ2v) is 8.76. The van der Waals surface area contributed by atoms with Gasteiger partial charge >= 0.3 is 0 Å². The maximum Gasteiger partial charge on any atom is 0.255 e. The van der Waals surface area contributed by atoms with Crippen LogP contribution in [0.3, 0.4) is 0 Å². The lowest BCUT2D eigenvalue weighted by atomic mass is 9.96. The van der Waals surface area contributed by atoms with Gasteiger partial charge in [0.05, 0.1) is 18.4 Å². The molecule has 178 valence electrons. The molecule has 0 aromatic heterocycles. The number of amides is 2. The van der Waals surface area contributed by atoms with Gasteiger partial charge in [0.1, 0.15) is 11.8 Å². The summed E-state index contributed by atoms with van der Waals surface area (Å²) >= 11 is 1.29. The van der Waals surface area contributed by atoms with E-state index >= 15 is 0 Å². The number of nitrogens with zero attached hydrogens (tertiary/aromatic N) is 1. The number of nitrogens with one attached hydrogen (secondary N) is 3. The predicted molar refractivity (Wildman–Crippen MR) is 142 cm³/mol. The van der Waals surface area contributed by atoms with E-state index in [0.29, 0.717) is 27.8 Å². The molecule has 1 aliphatic heterocycles. The van der Waals surface area contributed by atoms with E-state index in [4.69, 9.17) is 9.73 Å². The molecule has 1 heterocycles. The van der Waals surface area contributed by atoms with Gasteiger partial charge in [-0.25, -0.2) is 4.99 Å². The fourth-order valence-corrected chi connectivity index (χ4v) is 4.36. The van der Waals surface area contributed by atoms with Crippen molar-refractivity contribution >= 4 is 40.1 Å². The Morgan fingerprint density at radius 3 is 2.20 bits per heavy atom.